The van der Waals surface area contributed by atoms with Crippen LogP contribution in [0.4, 0.5) is 0 Å². The largest absolute Gasteiger partial charge is 0.507 e. The molecule has 0 radical (unpaired) electrons. The quantitative estimate of drug-likeness (QED) is 0.705. The first kappa shape index (κ1) is 12.2. The van der Waals surface area contributed by atoms with Crippen molar-refractivity contribution < 1.29 is 5.11 Å². The SMILES string of the molecule is Cc1cccc(-n2c(=O)[nH]c3cccc(O)c3c2=O)c1. The third-order valence-electron chi connectivity index (χ3n) is 3.16. The molecule has 2 N–H and O–H groups in total. The van der Waals surface area contributed by atoms with Crippen molar-refractivity contribution in [2.24, 2.45) is 0 Å². The molecule has 3 rings (SSSR count). The number of aryl methyl sites for hydroxylation is 1. The number of hydrogen-bond acceptors (Lipinski definition) is 3. The van der Waals surface area contributed by atoms with Crippen molar-refractivity contribution in [3.63, 3.8) is 0 Å². The molecule has 0 atom stereocenters. The van der Waals surface area contributed by atoms with Crippen molar-refractivity contribution >= 4 is 10.9 Å². The lowest BCUT2D eigenvalue weighted by atomic mass is 10.2. The Labute approximate surface area is 113 Å². The van der Waals surface area contributed by atoms with Crippen molar-refractivity contribution in [2.75, 3.05) is 0 Å². The topological polar surface area (TPSA) is 75.1 Å². The number of nitrogens with zero attached hydrogens (tertiary/aromatic N) is 1. The van der Waals surface area contributed by atoms with E-state index in [2.05, 4.69) is 4.98 Å². The van der Waals surface area contributed by atoms with Gasteiger partial charge in [-0.25, -0.2) is 9.36 Å². The molecule has 0 aliphatic rings. The van der Waals surface area contributed by atoms with E-state index in [0.29, 0.717) is 11.2 Å². The van der Waals surface area contributed by atoms with Gasteiger partial charge in [0.05, 0.1) is 11.2 Å². The zero-order chi connectivity index (χ0) is 14.3. The van der Waals surface area contributed by atoms with Crippen molar-refractivity contribution in [1.82, 2.24) is 9.55 Å². The molecule has 0 spiro atoms. The molecule has 0 aliphatic carbocycles. The summed E-state index contributed by atoms with van der Waals surface area (Å²) in [5.74, 6) is -0.148. The summed E-state index contributed by atoms with van der Waals surface area (Å²) in [6, 6.07) is 11.6. The smallest absolute Gasteiger partial charge is 0.333 e. The van der Waals surface area contributed by atoms with E-state index in [9.17, 15) is 14.7 Å². The van der Waals surface area contributed by atoms with E-state index in [1.165, 1.54) is 6.07 Å². The third kappa shape index (κ3) is 1.80. The minimum Gasteiger partial charge on any atom is -0.507 e. The lowest BCUT2D eigenvalue weighted by Crippen LogP contribution is -2.33. The maximum atomic E-state index is 12.5. The van der Waals surface area contributed by atoms with E-state index in [1.54, 1.807) is 30.3 Å². The Morgan fingerprint density at radius 2 is 1.85 bits per heavy atom. The number of rotatable bonds is 1. The number of aromatic hydroxyl groups is 1. The van der Waals surface area contributed by atoms with Crippen molar-refractivity contribution in [1.29, 1.82) is 0 Å². The molecule has 0 aliphatic heterocycles. The van der Waals surface area contributed by atoms with Crippen LogP contribution in [0.1, 0.15) is 5.56 Å². The highest BCUT2D eigenvalue weighted by Crippen LogP contribution is 2.18. The van der Waals surface area contributed by atoms with Gasteiger partial charge in [-0.15, -0.1) is 0 Å². The zero-order valence-electron chi connectivity index (χ0n) is 10.8. The zero-order valence-corrected chi connectivity index (χ0v) is 10.8. The molecule has 0 amide bonds. The molecule has 1 heterocycles. The number of H-pyrrole nitrogens is 1. The van der Waals surface area contributed by atoms with Crippen LogP contribution in [0.3, 0.4) is 0 Å². The summed E-state index contributed by atoms with van der Waals surface area (Å²) >= 11 is 0. The van der Waals surface area contributed by atoms with Gasteiger partial charge in [0.25, 0.3) is 5.56 Å². The molecule has 5 nitrogen and oxygen atoms in total. The Kier molecular flexibility index (Phi) is 2.68. The summed E-state index contributed by atoms with van der Waals surface area (Å²) in [7, 11) is 0. The first-order valence-corrected chi connectivity index (χ1v) is 6.12. The lowest BCUT2D eigenvalue weighted by molar-refractivity contribution is 0.481. The molecule has 20 heavy (non-hydrogen) atoms. The Bertz CT molecular complexity index is 922. The number of phenols is 1. The molecule has 2 aromatic carbocycles. The fourth-order valence-corrected chi connectivity index (χ4v) is 2.25. The van der Waals surface area contributed by atoms with Crippen LogP contribution in [0.15, 0.2) is 52.1 Å². The average molecular weight is 268 g/mol. The second-order valence-electron chi connectivity index (χ2n) is 4.61. The molecule has 0 saturated carbocycles. The first-order valence-electron chi connectivity index (χ1n) is 6.12. The van der Waals surface area contributed by atoms with Crippen LogP contribution in [0, 0.1) is 6.92 Å². The Morgan fingerprint density at radius 3 is 2.60 bits per heavy atom. The van der Waals surface area contributed by atoms with Gasteiger partial charge in [0.1, 0.15) is 11.1 Å². The summed E-state index contributed by atoms with van der Waals surface area (Å²) in [4.78, 5) is 27.2. The summed E-state index contributed by atoms with van der Waals surface area (Å²) < 4.78 is 1.02. The summed E-state index contributed by atoms with van der Waals surface area (Å²) in [5, 5.41) is 9.94. The second-order valence-corrected chi connectivity index (χ2v) is 4.61. The monoisotopic (exact) mass is 268 g/mol. The molecule has 0 bridgehead atoms. The van der Waals surface area contributed by atoms with Gasteiger partial charge in [-0.3, -0.25) is 4.79 Å². The van der Waals surface area contributed by atoms with Crippen molar-refractivity contribution in [2.45, 2.75) is 6.92 Å². The van der Waals surface area contributed by atoms with Crippen molar-refractivity contribution in [3.05, 3.63) is 68.9 Å². The van der Waals surface area contributed by atoms with Gasteiger partial charge < -0.3 is 10.1 Å². The van der Waals surface area contributed by atoms with Crippen LogP contribution in [0.5, 0.6) is 5.75 Å². The van der Waals surface area contributed by atoms with Gasteiger partial charge in [-0.2, -0.15) is 0 Å². The number of aromatic nitrogens is 2. The van der Waals surface area contributed by atoms with Crippen LogP contribution >= 0.6 is 0 Å². The van der Waals surface area contributed by atoms with E-state index in [4.69, 9.17) is 0 Å². The van der Waals surface area contributed by atoms with Crippen LogP contribution in [-0.4, -0.2) is 14.7 Å². The highest BCUT2D eigenvalue weighted by molar-refractivity contribution is 5.83. The highest BCUT2D eigenvalue weighted by Gasteiger charge is 2.12. The first-order chi connectivity index (χ1) is 9.58. The summed E-state index contributed by atoms with van der Waals surface area (Å²) in [6.45, 7) is 1.88. The Morgan fingerprint density at radius 1 is 1.10 bits per heavy atom. The fourth-order valence-electron chi connectivity index (χ4n) is 2.25. The maximum Gasteiger partial charge on any atom is 0.333 e. The number of nitrogens with one attached hydrogen (secondary N) is 1. The Hall–Kier alpha value is -2.82. The predicted molar refractivity (Wildman–Crippen MR) is 76.6 cm³/mol. The standard InChI is InChI=1S/C15H12N2O3/c1-9-4-2-5-10(8-9)17-14(19)13-11(16-15(17)20)6-3-7-12(13)18/h2-8,18H,1H3,(H,16,20). The van der Waals surface area contributed by atoms with Gasteiger partial charge in [0.15, 0.2) is 0 Å². The van der Waals surface area contributed by atoms with E-state index >= 15 is 0 Å². The molecule has 5 heteroatoms. The third-order valence-corrected chi connectivity index (χ3v) is 3.16. The van der Waals surface area contributed by atoms with Crippen LogP contribution < -0.4 is 11.2 Å². The van der Waals surface area contributed by atoms with Crippen LogP contribution in [0.25, 0.3) is 16.6 Å². The van der Waals surface area contributed by atoms with Gasteiger partial charge in [0.2, 0.25) is 0 Å². The van der Waals surface area contributed by atoms with Gasteiger partial charge >= 0.3 is 5.69 Å². The molecule has 1 aromatic heterocycles. The second kappa shape index (κ2) is 4.38. The average Bonchev–Trinajstić information content (AvgIpc) is 2.38. The highest BCUT2D eigenvalue weighted by atomic mass is 16.3. The molecule has 0 fully saturated rings. The van der Waals surface area contributed by atoms with E-state index in [-0.39, 0.29) is 11.1 Å². The maximum absolute atomic E-state index is 12.5. The van der Waals surface area contributed by atoms with Gasteiger partial charge in [-0.05, 0) is 36.8 Å². The number of aromatic amines is 1. The van der Waals surface area contributed by atoms with E-state index < -0.39 is 11.2 Å². The molecule has 0 saturated heterocycles. The normalized spacial score (nSPS) is 10.8. The number of hydrogen-bond donors (Lipinski definition) is 2. The van der Waals surface area contributed by atoms with Crippen LogP contribution in [-0.2, 0) is 0 Å². The summed E-state index contributed by atoms with van der Waals surface area (Å²) in [6.07, 6.45) is 0. The minimum absolute atomic E-state index is 0.105. The minimum atomic E-state index is -0.535. The number of fused-ring (bicyclic) bond motifs is 1. The molecular weight excluding hydrogens is 256 g/mol. The van der Waals surface area contributed by atoms with E-state index in [0.717, 1.165) is 10.1 Å². The number of benzene rings is 2. The van der Waals surface area contributed by atoms with Gasteiger partial charge in [-0.1, -0.05) is 18.2 Å². The molecule has 0 unspecified atom stereocenters. The van der Waals surface area contributed by atoms with Crippen LogP contribution in [0.2, 0.25) is 0 Å². The lowest BCUT2D eigenvalue weighted by Gasteiger charge is -2.07. The summed E-state index contributed by atoms with van der Waals surface area (Å²) in [5.41, 5.74) is 0.669. The number of phenolic OH excluding ortho intramolecular Hbond substituents is 1. The molecule has 3 aromatic rings. The van der Waals surface area contributed by atoms with E-state index in [1.807, 2.05) is 13.0 Å². The predicted octanol–water partition coefficient (Wildman–Crippen LogP) is 1.69. The Balaban J connectivity index is 2.46. The molecule has 100 valence electrons. The van der Waals surface area contributed by atoms with Gasteiger partial charge in [0, 0.05) is 0 Å². The fraction of sp³-hybridized carbons (Fsp3) is 0.0667. The van der Waals surface area contributed by atoms with Crippen molar-refractivity contribution in [3.8, 4) is 11.4 Å². The molecular formula is C15H12N2O3.